The Kier molecular flexibility index (Phi) is 5.58. The predicted molar refractivity (Wildman–Crippen MR) is 93.7 cm³/mol. The lowest BCUT2D eigenvalue weighted by atomic mass is 9.99. The van der Waals surface area contributed by atoms with Gasteiger partial charge in [-0.25, -0.2) is 0 Å². The maximum Gasteiger partial charge on any atom is 0.273 e. The number of unbranched alkanes of at least 4 members (excludes halogenated alkanes) is 1. The molecule has 25 heavy (non-hydrogen) atoms. The van der Waals surface area contributed by atoms with Gasteiger partial charge in [-0.05, 0) is 30.5 Å². The SMILES string of the molecule is CCCC[C@@H](CC)CNC(=O)c1cc(-c2ccc3c(c2)OCO3)on1. The number of rotatable bonds is 8. The largest absolute Gasteiger partial charge is 0.454 e. The molecule has 2 heterocycles. The minimum Gasteiger partial charge on any atom is -0.454 e. The van der Waals surface area contributed by atoms with E-state index < -0.39 is 0 Å². The molecule has 0 radical (unpaired) electrons. The highest BCUT2D eigenvalue weighted by atomic mass is 16.7. The average molecular weight is 344 g/mol. The van der Waals surface area contributed by atoms with Crippen molar-refractivity contribution >= 4 is 5.91 Å². The Hall–Kier alpha value is -2.50. The summed E-state index contributed by atoms with van der Waals surface area (Å²) in [6.07, 6.45) is 4.55. The summed E-state index contributed by atoms with van der Waals surface area (Å²) in [5.41, 5.74) is 1.09. The number of amides is 1. The summed E-state index contributed by atoms with van der Waals surface area (Å²) in [6.45, 7) is 5.22. The molecule has 1 aromatic heterocycles. The molecule has 0 saturated carbocycles. The quantitative estimate of drug-likeness (QED) is 0.783. The Bertz CT molecular complexity index is 726. The highest BCUT2D eigenvalue weighted by molar-refractivity contribution is 5.93. The molecule has 1 amide bonds. The van der Waals surface area contributed by atoms with E-state index in [9.17, 15) is 4.79 Å². The molecule has 1 aromatic carbocycles. The maximum absolute atomic E-state index is 12.3. The van der Waals surface area contributed by atoms with Crippen LogP contribution in [0.1, 0.15) is 50.0 Å². The summed E-state index contributed by atoms with van der Waals surface area (Å²) in [7, 11) is 0. The number of nitrogens with zero attached hydrogens (tertiary/aromatic N) is 1. The van der Waals surface area contributed by atoms with E-state index in [2.05, 4.69) is 24.3 Å². The topological polar surface area (TPSA) is 73.6 Å². The summed E-state index contributed by atoms with van der Waals surface area (Å²) in [4.78, 5) is 12.3. The summed E-state index contributed by atoms with van der Waals surface area (Å²) in [5, 5.41) is 6.85. The third kappa shape index (κ3) is 4.13. The van der Waals surface area contributed by atoms with E-state index in [0.717, 1.165) is 18.4 Å². The number of benzene rings is 1. The van der Waals surface area contributed by atoms with E-state index in [1.54, 1.807) is 6.07 Å². The van der Waals surface area contributed by atoms with Crippen LogP contribution < -0.4 is 14.8 Å². The molecule has 3 rings (SSSR count). The molecular weight excluding hydrogens is 320 g/mol. The number of carbonyl (C=O) groups excluding carboxylic acids is 1. The van der Waals surface area contributed by atoms with Crippen LogP contribution in [0.15, 0.2) is 28.8 Å². The standard InChI is InChI=1S/C19H24N2O4/c1-3-5-6-13(4-2)11-20-19(22)15-10-17(25-21-15)14-7-8-16-18(9-14)24-12-23-16/h7-10,13H,3-6,11-12H2,1-2H3,(H,20,22)/t13-/m1/s1. The number of aromatic nitrogens is 1. The van der Waals surface area contributed by atoms with E-state index >= 15 is 0 Å². The molecule has 0 bridgehead atoms. The molecule has 0 aliphatic carbocycles. The van der Waals surface area contributed by atoms with Crippen LogP contribution in [0.2, 0.25) is 0 Å². The van der Waals surface area contributed by atoms with Crippen LogP contribution in [-0.2, 0) is 0 Å². The maximum atomic E-state index is 12.3. The first-order valence-electron chi connectivity index (χ1n) is 8.86. The molecule has 6 nitrogen and oxygen atoms in total. The monoisotopic (exact) mass is 344 g/mol. The number of ether oxygens (including phenoxy) is 2. The Morgan fingerprint density at radius 1 is 1.24 bits per heavy atom. The predicted octanol–water partition coefficient (Wildman–Crippen LogP) is 4.02. The molecule has 0 spiro atoms. The Morgan fingerprint density at radius 3 is 2.88 bits per heavy atom. The fourth-order valence-corrected chi connectivity index (χ4v) is 2.84. The summed E-state index contributed by atoms with van der Waals surface area (Å²) < 4.78 is 16.0. The van der Waals surface area contributed by atoms with Crippen molar-refractivity contribution in [1.82, 2.24) is 10.5 Å². The molecule has 1 aliphatic rings. The van der Waals surface area contributed by atoms with E-state index in [1.807, 2.05) is 18.2 Å². The van der Waals surface area contributed by atoms with Crippen molar-refractivity contribution in [2.45, 2.75) is 39.5 Å². The molecule has 0 unspecified atom stereocenters. The van der Waals surface area contributed by atoms with Gasteiger partial charge in [0, 0.05) is 18.2 Å². The summed E-state index contributed by atoms with van der Waals surface area (Å²) in [6, 6.07) is 7.15. The highest BCUT2D eigenvalue weighted by Gasteiger charge is 2.18. The Morgan fingerprint density at radius 2 is 2.08 bits per heavy atom. The second-order valence-electron chi connectivity index (χ2n) is 6.27. The molecular formula is C19H24N2O4. The average Bonchev–Trinajstić information content (AvgIpc) is 3.30. The number of carbonyl (C=O) groups is 1. The molecule has 6 heteroatoms. The lowest BCUT2D eigenvalue weighted by molar-refractivity contribution is 0.0937. The first kappa shape index (κ1) is 17.3. The first-order chi connectivity index (χ1) is 12.2. The smallest absolute Gasteiger partial charge is 0.273 e. The molecule has 0 fully saturated rings. The lowest BCUT2D eigenvalue weighted by Crippen LogP contribution is -2.29. The van der Waals surface area contributed by atoms with Crippen LogP contribution >= 0.6 is 0 Å². The van der Waals surface area contributed by atoms with E-state index in [-0.39, 0.29) is 18.4 Å². The van der Waals surface area contributed by atoms with Crippen molar-refractivity contribution in [2.75, 3.05) is 13.3 Å². The Balaban J connectivity index is 1.61. The van der Waals surface area contributed by atoms with Crippen molar-refractivity contribution in [3.63, 3.8) is 0 Å². The highest BCUT2D eigenvalue weighted by Crippen LogP contribution is 2.36. The van der Waals surface area contributed by atoms with Crippen molar-refractivity contribution in [3.8, 4) is 22.8 Å². The van der Waals surface area contributed by atoms with Crippen LogP contribution in [0.25, 0.3) is 11.3 Å². The fraction of sp³-hybridized carbons (Fsp3) is 0.474. The van der Waals surface area contributed by atoms with Crippen LogP contribution in [0.5, 0.6) is 11.5 Å². The summed E-state index contributed by atoms with van der Waals surface area (Å²) >= 11 is 0. The zero-order valence-electron chi connectivity index (χ0n) is 14.7. The first-order valence-corrected chi connectivity index (χ1v) is 8.86. The molecule has 2 aromatic rings. The van der Waals surface area contributed by atoms with Crippen molar-refractivity contribution in [3.05, 3.63) is 30.0 Å². The van der Waals surface area contributed by atoms with Gasteiger partial charge in [0.2, 0.25) is 6.79 Å². The third-order valence-corrected chi connectivity index (χ3v) is 4.49. The van der Waals surface area contributed by atoms with Crippen LogP contribution in [0.3, 0.4) is 0 Å². The molecule has 1 N–H and O–H groups in total. The minimum atomic E-state index is -0.203. The number of hydrogen-bond donors (Lipinski definition) is 1. The number of hydrogen-bond acceptors (Lipinski definition) is 5. The van der Waals surface area contributed by atoms with Crippen LogP contribution in [0, 0.1) is 5.92 Å². The third-order valence-electron chi connectivity index (χ3n) is 4.49. The number of nitrogens with one attached hydrogen (secondary N) is 1. The second-order valence-corrected chi connectivity index (χ2v) is 6.27. The van der Waals surface area contributed by atoms with Gasteiger partial charge in [0.1, 0.15) is 0 Å². The molecule has 0 saturated heterocycles. The zero-order chi connectivity index (χ0) is 17.6. The van der Waals surface area contributed by atoms with Gasteiger partial charge < -0.3 is 19.3 Å². The molecule has 1 atom stereocenters. The fourth-order valence-electron chi connectivity index (χ4n) is 2.84. The van der Waals surface area contributed by atoms with Gasteiger partial charge in [-0.2, -0.15) is 0 Å². The van der Waals surface area contributed by atoms with Gasteiger partial charge >= 0.3 is 0 Å². The van der Waals surface area contributed by atoms with E-state index in [1.165, 1.54) is 12.8 Å². The number of fused-ring (bicyclic) bond motifs is 1. The van der Waals surface area contributed by atoms with Crippen LogP contribution in [-0.4, -0.2) is 24.4 Å². The van der Waals surface area contributed by atoms with Gasteiger partial charge in [0.15, 0.2) is 23.0 Å². The normalized spacial score (nSPS) is 13.7. The van der Waals surface area contributed by atoms with Crippen molar-refractivity contribution < 1.29 is 18.8 Å². The van der Waals surface area contributed by atoms with Gasteiger partial charge in [-0.3, -0.25) is 4.79 Å². The van der Waals surface area contributed by atoms with Gasteiger partial charge in [0.05, 0.1) is 0 Å². The van der Waals surface area contributed by atoms with Gasteiger partial charge in [-0.1, -0.05) is 38.3 Å². The second kappa shape index (κ2) is 8.05. The lowest BCUT2D eigenvalue weighted by Gasteiger charge is -2.14. The van der Waals surface area contributed by atoms with Crippen molar-refractivity contribution in [2.24, 2.45) is 5.92 Å². The van der Waals surface area contributed by atoms with E-state index in [0.29, 0.717) is 29.7 Å². The molecule has 1 aliphatic heterocycles. The van der Waals surface area contributed by atoms with E-state index in [4.69, 9.17) is 14.0 Å². The zero-order valence-corrected chi connectivity index (χ0v) is 14.7. The summed E-state index contributed by atoms with van der Waals surface area (Å²) in [5.74, 6) is 2.21. The van der Waals surface area contributed by atoms with Crippen LogP contribution in [0.4, 0.5) is 0 Å². The molecule has 134 valence electrons. The van der Waals surface area contributed by atoms with Gasteiger partial charge in [0.25, 0.3) is 5.91 Å². The van der Waals surface area contributed by atoms with Gasteiger partial charge in [-0.15, -0.1) is 0 Å². The minimum absolute atomic E-state index is 0.203. The van der Waals surface area contributed by atoms with Crippen molar-refractivity contribution in [1.29, 1.82) is 0 Å². The Labute approximate surface area is 147 Å².